The highest BCUT2D eigenvalue weighted by Gasteiger charge is 2.02. The number of rotatable bonds is 4. The van der Waals surface area contributed by atoms with Crippen molar-refractivity contribution in [3.63, 3.8) is 0 Å². The van der Waals surface area contributed by atoms with Gasteiger partial charge >= 0.3 is 5.97 Å². The van der Waals surface area contributed by atoms with Crippen molar-refractivity contribution in [3.8, 4) is 0 Å². The van der Waals surface area contributed by atoms with Crippen LogP contribution in [-0.4, -0.2) is 23.2 Å². The Labute approximate surface area is 70.2 Å². The van der Waals surface area contributed by atoms with Crippen molar-refractivity contribution in [2.24, 2.45) is 0 Å². The van der Waals surface area contributed by atoms with E-state index in [2.05, 4.69) is 4.98 Å². The molecule has 2 N–H and O–H groups in total. The van der Waals surface area contributed by atoms with Crippen LogP contribution < -0.4 is 0 Å². The van der Waals surface area contributed by atoms with Crippen molar-refractivity contribution in [1.82, 2.24) is 4.98 Å². The minimum absolute atomic E-state index is 0.0315. The van der Waals surface area contributed by atoms with Crippen molar-refractivity contribution >= 4 is 5.97 Å². The van der Waals surface area contributed by atoms with Gasteiger partial charge in [-0.15, -0.1) is 0 Å². The Balaban J connectivity index is 2.58. The zero-order valence-corrected chi connectivity index (χ0v) is 6.83. The largest absolute Gasteiger partial charge is 0.481 e. The van der Waals surface area contributed by atoms with Crippen molar-refractivity contribution in [3.05, 3.63) is 23.5 Å². The number of carboxylic acid groups (broad SMARTS) is 1. The fourth-order valence-electron chi connectivity index (χ4n) is 1.01. The summed E-state index contributed by atoms with van der Waals surface area (Å²) >= 11 is 0. The van der Waals surface area contributed by atoms with Gasteiger partial charge in [0.1, 0.15) is 0 Å². The van der Waals surface area contributed by atoms with Gasteiger partial charge in [-0.2, -0.15) is 0 Å². The highest BCUT2D eigenvalue weighted by atomic mass is 16.5. The Morgan fingerprint density at radius 2 is 2.50 bits per heavy atom. The zero-order chi connectivity index (χ0) is 8.97. The molecule has 0 aliphatic heterocycles. The second-order valence-electron chi connectivity index (χ2n) is 2.54. The highest BCUT2D eigenvalue weighted by molar-refractivity contribution is 5.69. The quantitative estimate of drug-likeness (QED) is 0.700. The van der Waals surface area contributed by atoms with Gasteiger partial charge in [-0.25, -0.2) is 0 Å². The van der Waals surface area contributed by atoms with E-state index in [1.165, 1.54) is 0 Å². The van der Waals surface area contributed by atoms with E-state index >= 15 is 0 Å². The summed E-state index contributed by atoms with van der Waals surface area (Å²) in [6, 6.07) is 1.79. The Morgan fingerprint density at radius 1 is 1.75 bits per heavy atom. The number of hydrogen-bond donors (Lipinski definition) is 2. The van der Waals surface area contributed by atoms with Crippen LogP contribution in [0.4, 0.5) is 0 Å². The van der Waals surface area contributed by atoms with Gasteiger partial charge in [0.05, 0.1) is 13.0 Å². The van der Waals surface area contributed by atoms with E-state index in [0.717, 1.165) is 5.56 Å². The maximum absolute atomic E-state index is 10.3. The number of H-pyrrole nitrogens is 1. The minimum atomic E-state index is -0.833. The van der Waals surface area contributed by atoms with Gasteiger partial charge < -0.3 is 14.8 Å². The van der Waals surface area contributed by atoms with Crippen LogP contribution >= 0.6 is 0 Å². The lowest BCUT2D eigenvalue weighted by molar-refractivity contribution is -0.136. The van der Waals surface area contributed by atoms with Crippen molar-refractivity contribution < 1.29 is 14.6 Å². The van der Waals surface area contributed by atoms with Crippen LogP contribution in [0.1, 0.15) is 11.3 Å². The molecule has 0 saturated heterocycles. The number of ether oxygens (including phenoxy) is 1. The van der Waals surface area contributed by atoms with E-state index in [1.54, 1.807) is 19.4 Å². The summed E-state index contributed by atoms with van der Waals surface area (Å²) in [5.74, 6) is -0.833. The molecule has 0 aliphatic rings. The molecule has 0 atom stereocenters. The third-order valence-corrected chi connectivity index (χ3v) is 1.46. The SMILES string of the molecule is COCc1c[nH]c(CC(=O)O)c1. The van der Waals surface area contributed by atoms with Gasteiger partial charge in [0.25, 0.3) is 0 Å². The van der Waals surface area contributed by atoms with Crippen molar-refractivity contribution in [2.45, 2.75) is 13.0 Å². The average molecular weight is 169 g/mol. The second-order valence-corrected chi connectivity index (χ2v) is 2.54. The van der Waals surface area contributed by atoms with E-state index < -0.39 is 5.97 Å². The fraction of sp³-hybridized carbons (Fsp3) is 0.375. The lowest BCUT2D eigenvalue weighted by Gasteiger charge is -1.91. The third kappa shape index (κ3) is 2.39. The molecule has 12 heavy (non-hydrogen) atoms. The van der Waals surface area contributed by atoms with Gasteiger partial charge in [-0.05, 0) is 11.6 Å². The van der Waals surface area contributed by atoms with Crippen LogP contribution in [0.5, 0.6) is 0 Å². The molecule has 1 rings (SSSR count). The smallest absolute Gasteiger partial charge is 0.309 e. The monoisotopic (exact) mass is 169 g/mol. The van der Waals surface area contributed by atoms with Gasteiger partial charge in [0, 0.05) is 19.0 Å². The van der Waals surface area contributed by atoms with E-state index in [-0.39, 0.29) is 6.42 Å². The summed E-state index contributed by atoms with van der Waals surface area (Å²) in [6.45, 7) is 0.510. The van der Waals surface area contributed by atoms with Crippen LogP contribution in [0.3, 0.4) is 0 Å². The minimum Gasteiger partial charge on any atom is -0.481 e. The molecule has 1 aromatic rings. The van der Waals surface area contributed by atoms with Gasteiger partial charge in [0.2, 0.25) is 0 Å². The Hall–Kier alpha value is -1.29. The van der Waals surface area contributed by atoms with Gasteiger partial charge in [-0.1, -0.05) is 0 Å². The standard InChI is InChI=1S/C8H11NO3/c1-12-5-6-2-7(9-4-6)3-8(10)11/h2,4,9H,3,5H2,1H3,(H,10,11). The first-order chi connectivity index (χ1) is 5.72. The van der Waals surface area contributed by atoms with Crippen LogP contribution in [0, 0.1) is 0 Å². The van der Waals surface area contributed by atoms with Crippen LogP contribution in [0.2, 0.25) is 0 Å². The molecule has 0 radical (unpaired) electrons. The average Bonchev–Trinajstić information content (AvgIpc) is 2.36. The van der Waals surface area contributed by atoms with Crippen molar-refractivity contribution in [1.29, 1.82) is 0 Å². The van der Waals surface area contributed by atoms with Gasteiger partial charge in [-0.3, -0.25) is 4.79 Å². The second kappa shape index (κ2) is 3.92. The van der Waals surface area contributed by atoms with E-state index in [1.807, 2.05) is 0 Å². The third-order valence-electron chi connectivity index (χ3n) is 1.46. The first-order valence-electron chi connectivity index (χ1n) is 3.59. The molecule has 4 heteroatoms. The van der Waals surface area contributed by atoms with E-state index in [9.17, 15) is 4.79 Å². The Morgan fingerprint density at radius 3 is 3.08 bits per heavy atom. The number of aliphatic carboxylic acids is 1. The molecule has 0 aliphatic carbocycles. The molecule has 0 spiro atoms. The fourth-order valence-corrected chi connectivity index (χ4v) is 1.01. The molecule has 0 aromatic carbocycles. The number of aromatic nitrogens is 1. The van der Waals surface area contributed by atoms with Crippen LogP contribution in [0.15, 0.2) is 12.3 Å². The topological polar surface area (TPSA) is 62.3 Å². The summed E-state index contributed by atoms with van der Waals surface area (Å²) in [5, 5.41) is 8.45. The summed E-state index contributed by atoms with van der Waals surface area (Å²) in [7, 11) is 1.60. The van der Waals surface area contributed by atoms with Crippen LogP contribution in [-0.2, 0) is 22.6 Å². The molecule has 4 nitrogen and oxygen atoms in total. The highest BCUT2D eigenvalue weighted by Crippen LogP contribution is 2.04. The molecule has 0 amide bonds. The molecule has 66 valence electrons. The summed E-state index contributed by atoms with van der Waals surface area (Å²) in [4.78, 5) is 13.1. The summed E-state index contributed by atoms with van der Waals surface area (Å²) in [6.07, 6.45) is 1.78. The molecule has 0 unspecified atom stereocenters. The lowest BCUT2D eigenvalue weighted by atomic mass is 10.3. The maximum Gasteiger partial charge on any atom is 0.309 e. The number of aromatic amines is 1. The molecule has 0 fully saturated rings. The molecule has 1 aromatic heterocycles. The van der Waals surface area contributed by atoms with E-state index in [4.69, 9.17) is 9.84 Å². The molecular formula is C8H11NO3. The van der Waals surface area contributed by atoms with Gasteiger partial charge in [0.15, 0.2) is 0 Å². The summed E-state index contributed by atoms with van der Waals surface area (Å²) < 4.78 is 4.88. The molecular weight excluding hydrogens is 158 g/mol. The number of hydrogen-bond acceptors (Lipinski definition) is 2. The van der Waals surface area contributed by atoms with Crippen molar-refractivity contribution in [2.75, 3.05) is 7.11 Å². The first-order valence-corrected chi connectivity index (χ1v) is 3.59. The first kappa shape index (κ1) is 8.80. The summed E-state index contributed by atoms with van der Waals surface area (Å²) in [5.41, 5.74) is 1.67. The molecule has 0 bridgehead atoms. The number of carbonyl (C=O) groups is 1. The zero-order valence-electron chi connectivity index (χ0n) is 6.83. The number of nitrogens with one attached hydrogen (secondary N) is 1. The Bertz CT molecular complexity index is 267. The molecule has 0 saturated carbocycles. The number of methoxy groups -OCH3 is 1. The predicted octanol–water partition coefficient (Wildman–Crippen LogP) is 0.788. The maximum atomic E-state index is 10.3. The van der Waals surface area contributed by atoms with E-state index in [0.29, 0.717) is 12.3 Å². The lowest BCUT2D eigenvalue weighted by Crippen LogP contribution is -1.99. The predicted molar refractivity (Wildman–Crippen MR) is 42.8 cm³/mol. The Kier molecular flexibility index (Phi) is 2.88. The number of carboxylic acids is 1. The molecule has 1 heterocycles. The van der Waals surface area contributed by atoms with Crippen LogP contribution in [0.25, 0.3) is 0 Å². The normalized spacial score (nSPS) is 10.1.